The van der Waals surface area contributed by atoms with Crippen LogP contribution in [0.25, 0.3) is 0 Å². The number of fused-ring (bicyclic) bond motifs is 1. The zero-order valence-electron chi connectivity index (χ0n) is 16.4. The average Bonchev–Trinajstić information content (AvgIpc) is 3.19. The molecule has 0 atom stereocenters. The van der Waals surface area contributed by atoms with Gasteiger partial charge in [-0.15, -0.1) is 0 Å². The van der Waals surface area contributed by atoms with Gasteiger partial charge in [0, 0.05) is 17.8 Å². The number of carbonyl (C=O) groups is 1. The third-order valence-electron chi connectivity index (χ3n) is 4.91. The minimum atomic E-state index is -0.281. The van der Waals surface area contributed by atoms with E-state index in [1.807, 2.05) is 32.0 Å². The molecule has 29 heavy (non-hydrogen) atoms. The standard InChI is InChI=1S/C20H21N3O5S/c1-11-15(13(3)28-22-11)10-23-12(2)18(29-20(23)25)19(24)21-9-14-4-5-16-17(8-14)27-7-6-26-16/h4-5,8H,6-7,9-10H2,1-3H3,(H,21,24). The van der Waals surface area contributed by atoms with Crippen molar-refractivity contribution in [2.45, 2.75) is 33.9 Å². The largest absolute Gasteiger partial charge is 0.486 e. The van der Waals surface area contributed by atoms with E-state index in [0.29, 0.717) is 54.1 Å². The molecule has 0 radical (unpaired) electrons. The number of ether oxygens (including phenoxy) is 2. The second kappa shape index (κ2) is 7.75. The molecule has 0 aliphatic carbocycles. The topological polar surface area (TPSA) is 95.6 Å². The van der Waals surface area contributed by atoms with Crippen LogP contribution < -0.4 is 19.7 Å². The number of hydrogen-bond acceptors (Lipinski definition) is 7. The summed E-state index contributed by atoms with van der Waals surface area (Å²) in [5, 5.41) is 6.80. The molecule has 1 aliphatic rings. The van der Waals surface area contributed by atoms with E-state index in [4.69, 9.17) is 14.0 Å². The van der Waals surface area contributed by atoms with Crippen molar-refractivity contribution >= 4 is 17.2 Å². The van der Waals surface area contributed by atoms with Crippen molar-refractivity contribution in [3.05, 3.63) is 61.0 Å². The van der Waals surface area contributed by atoms with Gasteiger partial charge in [-0.2, -0.15) is 0 Å². The molecule has 0 unspecified atom stereocenters. The Morgan fingerprint density at radius 2 is 1.97 bits per heavy atom. The van der Waals surface area contributed by atoms with Crippen molar-refractivity contribution in [3.63, 3.8) is 0 Å². The number of carbonyl (C=O) groups excluding carboxylic acids is 1. The summed E-state index contributed by atoms with van der Waals surface area (Å²) in [6.07, 6.45) is 0. The first-order valence-electron chi connectivity index (χ1n) is 9.22. The van der Waals surface area contributed by atoms with Crippen LogP contribution in [-0.2, 0) is 13.1 Å². The second-order valence-corrected chi connectivity index (χ2v) is 7.79. The van der Waals surface area contributed by atoms with Gasteiger partial charge in [0.25, 0.3) is 5.91 Å². The van der Waals surface area contributed by atoms with Crippen LogP contribution in [0.15, 0.2) is 27.5 Å². The summed E-state index contributed by atoms with van der Waals surface area (Å²) in [4.78, 5) is 25.4. The molecule has 0 saturated carbocycles. The van der Waals surface area contributed by atoms with Crippen LogP contribution in [0.4, 0.5) is 0 Å². The van der Waals surface area contributed by atoms with E-state index in [-0.39, 0.29) is 10.8 Å². The fraction of sp³-hybridized carbons (Fsp3) is 0.350. The average molecular weight is 415 g/mol. The number of benzene rings is 1. The predicted molar refractivity (Wildman–Crippen MR) is 107 cm³/mol. The minimum Gasteiger partial charge on any atom is -0.486 e. The molecule has 0 fully saturated rings. The lowest BCUT2D eigenvalue weighted by Gasteiger charge is -2.18. The van der Waals surface area contributed by atoms with Crippen LogP contribution in [0, 0.1) is 20.8 Å². The summed E-state index contributed by atoms with van der Waals surface area (Å²) >= 11 is 0.940. The van der Waals surface area contributed by atoms with Gasteiger partial charge >= 0.3 is 4.87 Å². The second-order valence-electron chi connectivity index (χ2n) is 6.83. The first-order chi connectivity index (χ1) is 13.9. The van der Waals surface area contributed by atoms with E-state index in [9.17, 15) is 9.59 Å². The minimum absolute atomic E-state index is 0.188. The summed E-state index contributed by atoms with van der Waals surface area (Å²) < 4.78 is 17.8. The van der Waals surface area contributed by atoms with Crippen molar-refractivity contribution in [2.24, 2.45) is 0 Å². The SMILES string of the molecule is Cc1noc(C)c1Cn1c(C)c(C(=O)NCc2ccc3c(c2)OCCO3)sc1=O. The van der Waals surface area contributed by atoms with Crippen LogP contribution in [0.1, 0.15) is 37.9 Å². The maximum absolute atomic E-state index is 12.7. The molecule has 4 rings (SSSR count). The lowest BCUT2D eigenvalue weighted by Crippen LogP contribution is -2.23. The van der Waals surface area contributed by atoms with Crippen molar-refractivity contribution in [1.82, 2.24) is 15.0 Å². The molecule has 1 N–H and O–H groups in total. The zero-order chi connectivity index (χ0) is 20.5. The third-order valence-corrected chi connectivity index (χ3v) is 5.99. The first kappa shape index (κ1) is 19.3. The molecule has 0 bridgehead atoms. The molecule has 8 nitrogen and oxygen atoms in total. The highest BCUT2D eigenvalue weighted by atomic mass is 32.1. The molecule has 3 heterocycles. The van der Waals surface area contributed by atoms with E-state index in [1.165, 1.54) is 0 Å². The molecule has 0 saturated heterocycles. The lowest BCUT2D eigenvalue weighted by atomic mass is 10.2. The Labute approximate surface area is 171 Å². The summed E-state index contributed by atoms with van der Waals surface area (Å²) in [6.45, 7) is 7.11. The van der Waals surface area contributed by atoms with Gasteiger partial charge in [-0.25, -0.2) is 0 Å². The van der Waals surface area contributed by atoms with Crippen molar-refractivity contribution < 1.29 is 18.8 Å². The number of nitrogens with one attached hydrogen (secondary N) is 1. The van der Waals surface area contributed by atoms with Gasteiger partial charge in [-0.05, 0) is 38.5 Å². The van der Waals surface area contributed by atoms with E-state index in [0.717, 1.165) is 28.2 Å². The zero-order valence-corrected chi connectivity index (χ0v) is 17.2. The van der Waals surface area contributed by atoms with Gasteiger partial charge in [0.1, 0.15) is 23.9 Å². The van der Waals surface area contributed by atoms with Crippen LogP contribution >= 0.6 is 11.3 Å². The van der Waals surface area contributed by atoms with Crippen LogP contribution in [0.3, 0.4) is 0 Å². The lowest BCUT2D eigenvalue weighted by molar-refractivity contribution is 0.0953. The number of amides is 1. The highest BCUT2D eigenvalue weighted by Gasteiger charge is 2.20. The maximum Gasteiger partial charge on any atom is 0.308 e. The Morgan fingerprint density at radius 1 is 1.21 bits per heavy atom. The van der Waals surface area contributed by atoms with Gasteiger partial charge in [0.15, 0.2) is 11.5 Å². The first-order valence-corrected chi connectivity index (χ1v) is 10.0. The van der Waals surface area contributed by atoms with Crippen LogP contribution in [-0.4, -0.2) is 28.8 Å². The van der Waals surface area contributed by atoms with Crippen molar-refractivity contribution in [1.29, 1.82) is 0 Å². The smallest absolute Gasteiger partial charge is 0.308 e. The van der Waals surface area contributed by atoms with Gasteiger partial charge in [-0.1, -0.05) is 22.6 Å². The van der Waals surface area contributed by atoms with Crippen molar-refractivity contribution in [3.8, 4) is 11.5 Å². The maximum atomic E-state index is 12.7. The number of aryl methyl sites for hydroxylation is 2. The monoisotopic (exact) mass is 415 g/mol. The Kier molecular flexibility index (Phi) is 5.14. The summed E-state index contributed by atoms with van der Waals surface area (Å²) in [5.74, 6) is 1.77. The summed E-state index contributed by atoms with van der Waals surface area (Å²) in [6, 6.07) is 5.57. The Balaban J connectivity index is 1.49. The number of aromatic nitrogens is 2. The van der Waals surface area contributed by atoms with Gasteiger partial charge in [-0.3, -0.25) is 14.2 Å². The molecule has 3 aromatic rings. The van der Waals surface area contributed by atoms with Crippen LogP contribution in [0.5, 0.6) is 11.5 Å². The number of thiazole rings is 1. The molecule has 9 heteroatoms. The fourth-order valence-electron chi connectivity index (χ4n) is 3.22. The van der Waals surface area contributed by atoms with E-state index in [2.05, 4.69) is 10.5 Å². The number of nitrogens with zero attached hydrogens (tertiary/aromatic N) is 2. The highest BCUT2D eigenvalue weighted by molar-refractivity contribution is 7.11. The van der Waals surface area contributed by atoms with E-state index < -0.39 is 0 Å². The number of rotatable bonds is 5. The molecular formula is C20H21N3O5S. The molecule has 2 aromatic heterocycles. The molecule has 1 aromatic carbocycles. The highest BCUT2D eigenvalue weighted by Crippen LogP contribution is 2.30. The molecule has 152 valence electrons. The summed E-state index contributed by atoms with van der Waals surface area (Å²) in [7, 11) is 0. The summed E-state index contributed by atoms with van der Waals surface area (Å²) in [5.41, 5.74) is 3.11. The number of hydrogen-bond donors (Lipinski definition) is 1. The van der Waals surface area contributed by atoms with E-state index in [1.54, 1.807) is 11.5 Å². The van der Waals surface area contributed by atoms with E-state index >= 15 is 0 Å². The Morgan fingerprint density at radius 3 is 2.69 bits per heavy atom. The Bertz CT molecular complexity index is 1110. The normalized spacial score (nSPS) is 12.8. The molecule has 1 amide bonds. The predicted octanol–water partition coefficient (Wildman–Crippen LogP) is 2.57. The quantitative estimate of drug-likeness (QED) is 0.688. The van der Waals surface area contributed by atoms with Gasteiger partial charge in [0.05, 0.1) is 12.2 Å². The molecular weight excluding hydrogens is 394 g/mol. The van der Waals surface area contributed by atoms with Crippen LogP contribution in [0.2, 0.25) is 0 Å². The fourth-order valence-corrected chi connectivity index (χ4v) is 4.12. The van der Waals surface area contributed by atoms with Crippen molar-refractivity contribution in [2.75, 3.05) is 13.2 Å². The van der Waals surface area contributed by atoms with Gasteiger partial charge in [0.2, 0.25) is 0 Å². The van der Waals surface area contributed by atoms with Gasteiger partial charge < -0.3 is 19.3 Å². The molecule has 1 aliphatic heterocycles. The molecule has 0 spiro atoms. The third kappa shape index (κ3) is 3.77. The Hall–Kier alpha value is -3.07.